The van der Waals surface area contributed by atoms with Crippen molar-refractivity contribution in [2.24, 2.45) is 0 Å². The number of hydrogen-bond acceptors (Lipinski definition) is 2. The minimum Gasteiger partial charge on any atom is -0.353 e. The van der Waals surface area contributed by atoms with Crippen LogP contribution in [0.1, 0.15) is 51.1 Å². The van der Waals surface area contributed by atoms with Gasteiger partial charge in [0, 0.05) is 45.5 Å². The van der Waals surface area contributed by atoms with Crippen molar-refractivity contribution < 1.29 is 4.79 Å². The molecule has 4 nitrogen and oxygen atoms in total. The van der Waals surface area contributed by atoms with E-state index in [1.807, 2.05) is 0 Å². The van der Waals surface area contributed by atoms with E-state index in [1.54, 1.807) is 19.0 Å². The standard InChI is InChI=1S/C16H29N3O/c1-5-7-15(17-10-6-2)14-8-11-19(13-14)12-9-16(20)18(3)4/h8,11,13,15,17H,5-7,9-10,12H2,1-4H3. The molecule has 0 radical (unpaired) electrons. The first kappa shape index (κ1) is 16.8. The van der Waals surface area contributed by atoms with Crippen LogP contribution >= 0.6 is 0 Å². The molecule has 114 valence electrons. The zero-order chi connectivity index (χ0) is 15.0. The van der Waals surface area contributed by atoms with Crippen LogP contribution in [0, 0.1) is 0 Å². The van der Waals surface area contributed by atoms with Crippen LogP contribution in [0.4, 0.5) is 0 Å². The van der Waals surface area contributed by atoms with Crippen molar-refractivity contribution in [3.8, 4) is 0 Å². The lowest BCUT2D eigenvalue weighted by Crippen LogP contribution is -2.23. The van der Waals surface area contributed by atoms with E-state index in [-0.39, 0.29) is 5.91 Å². The molecule has 0 spiro atoms. The maximum Gasteiger partial charge on any atom is 0.223 e. The summed E-state index contributed by atoms with van der Waals surface area (Å²) in [7, 11) is 3.60. The van der Waals surface area contributed by atoms with Gasteiger partial charge in [-0.15, -0.1) is 0 Å². The summed E-state index contributed by atoms with van der Waals surface area (Å²) >= 11 is 0. The van der Waals surface area contributed by atoms with E-state index >= 15 is 0 Å². The molecule has 0 aliphatic rings. The van der Waals surface area contributed by atoms with Crippen molar-refractivity contribution in [2.45, 2.75) is 52.1 Å². The zero-order valence-electron chi connectivity index (χ0n) is 13.4. The van der Waals surface area contributed by atoms with E-state index in [2.05, 4.69) is 42.2 Å². The Kier molecular flexibility index (Phi) is 7.37. The van der Waals surface area contributed by atoms with Crippen LogP contribution in [0.5, 0.6) is 0 Å². The molecule has 1 unspecified atom stereocenters. The SMILES string of the molecule is CCCNC(CCC)c1ccn(CCC(=O)N(C)C)c1. The number of nitrogens with one attached hydrogen (secondary N) is 1. The third kappa shape index (κ3) is 5.37. The lowest BCUT2D eigenvalue weighted by molar-refractivity contribution is -0.128. The van der Waals surface area contributed by atoms with Crippen LogP contribution in [0.25, 0.3) is 0 Å². The predicted molar refractivity (Wildman–Crippen MR) is 83.7 cm³/mol. The van der Waals surface area contributed by atoms with Crippen molar-refractivity contribution in [2.75, 3.05) is 20.6 Å². The van der Waals surface area contributed by atoms with Gasteiger partial charge in [0.25, 0.3) is 0 Å². The van der Waals surface area contributed by atoms with Crippen molar-refractivity contribution >= 4 is 5.91 Å². The second kappa shape index (κ2) is 8.80. The summed E-state index contributed by atoms with van der Waals surface area (Å²) in [4.78, 5) is 13.2. The Morgan fingerprint density at radius 2 is 2.10 bits per heavy atom. The Bertz CT molecular complexity index is 398. The van der Waals surface area contributed by atoms with E-state index in [0.29, 0.717) is 12.5 Å². The van der Waals surface area contributed by atoms with Crippen LogP contribution < -0.4 is 5.32 Å². The van der Waals surface area contributed by atoms with Gasteiger partial charge in [-0.1, -0.05) is 20.3 Å². The molecule has 4 heteroatoms. The van der Waals surface area contributed by atoms with Crippen molar-refractivity contribution in [3.63, 3.8) is 0 Å². The first-order valence-corrected chi connectivity index (χ1v) is 7.67. The maximum absolute atomic E-state index is 11.6. The first-order chi connectivity index (χ1) is 9.58. The number of aromatic nitrogens is 1. The summed E-state index contributed by atoms with van der Waals surface area (Å²) < 4.78 is 2.12. The van der Waals surface area contributed by atoms with Gasteiger partial charge >= 0.3 is 0 Å². The Morgan fingerprint density at radius 1 is 1.35 bits per heavy atom. The van der Waals surface area contributed by atoms with Gasteiger partial charge in [0.15, 0.2) is 0 Å². The molecule has 1 N–H and O–H groups in total. The minimum atomic E-state index is 0.175. The van der Waals surface area contributed by atoms with Crippen molar-refractivity contribution in [1.29, 1.82) is 0 Å². The number of aryl methyl sites for hydroxylation is 1. The second-order valence-corrected chi connectivity index (χ2v) is 5.52. The van der Waals surface area contributed by atoms with Gasteiger partial charge in [-0.2, -0.15) is 0 Å². The molecule has 1 rings (SSSR count). The predicted octanol–water partition coefficient (Wildman–Crippen LogP) is 2.81. The van der Waals surface area contributed by atoms with Gasteiger partial charge in [0.2, 0.25) is 5.91 Å². The molecule has 0 aliphatic carbocycles. The normalized spacial score (nSPS) is 12.4. The lowest BCUT2D eigenvalue weighted by Gasteiger charge is -2.16. The highest BCUT2D eigenvalue weighted by Gasteiger charge is 2.11. The second-order valence-electron chi connectivity index (χ2n) is 5.52. The number of hydrogen-bond donors (Lipinski definition) is 1. The van der Waals surface area contributed by atoms with E-state index in [0.717, 1.165) is 25.9 Å². The summed E-state index contributed by atoms with van der Waals surface area (Å²) in [5.41, 5.74) is 1.33. The van der Waals surface area contributed by atoms with Crippen LogP contribution in [-0.4, -0.2) is 36.0 Å². The quantitative estimate of drug-likeness (QED) is 0.754. The van der Waals surface area contributed by atoms with E-state index < -0.39 is 0 Å². The molecule has 0 aromatic carbocycles. The smallest absolute Gasteiger partial charge is 0.223 e. The topological polar surface area (TPSA) is 37.3 Å². The van der Waals surface area contributed by atoms with E-state index in [1.165, 1.54) is 12.0 Å². The summed E-state index contributed by atoms with van der Waals surface area (Å²) in [6, 6.07) is 2.61. The monoisotopic (exact) mass is 279 g/mol. The van der Waals surface area contributed by atoms with E-state index in [4.69, 9.17) is 0 Å². The summed E-state index contributed by atoms with van der Waals surface area (Å²) in [5.74, 6) is 0.175. The highest BCUT2D eigenvalue weighted by atomic mass is 16.2. The molecule has 0 saturated carbocycles. The van der Waals surface area contributed by atoms with Gasteiger partial charge in [-0.25, -0.2) is 0 Å². The third-order valence-corrected chi connectivity index (χ3v) is 3.48. The van der Waals surface area contributed by atoms with E-state index in [9.17, 15) is 4.79 Å². The summed E-state index contributed by atoms with van der Waals surface area (Å²) in [5, 5.41) is 3.59. The summed E-state index contributed by atoms with van der Waals surface area (Å²) in [6.07, 6.45) is 8.28. The molecule has 0 bridgehead atoms. The average molecular weight is 279 g/mol. The molecular formula is C16H29N3O. The fourth-order valence-corrected chi connectivity index (χ4v) is 2.25. The van der Waals surface area contributed by atoms with Gasteiger partial charge in [-0.3, -0.25) is 4.79 Å². The number of amides is 1. The van der Waals surface area contributed by atoms with Crippen LogP contribution in [0.15, 0.2) is 18.5 Å². The molecule has 1 aromatic heterocycles. The third-order valence-electron chi connectivity index (χ3n) is 3.48. The fraction of sp³-hybridized carbons (Fsp3) is 0.688. The molecule has 1 amide bonds. The summed E-state index contributed by atoms with van der Waals surface area (Å²) in [6.45, 7) is 6.21. The van der Waals surface area contributed by atoms with Crippen molar-refractivity contribution in [1.82, 2.24) is 14.8 Å². The Balaban J connectivity index is 2.57. The zero-order valence-corrected chi connectivity index (χ0v) is 13.4. The highest BCUT2D eigenvalue weighted by molar-refractivity contribution is 5.75. The van der Waals surface area contributed by atoms with Gasteiger partial charge < -0.3 is 14.8 Å². The van der Waals surface area contributed by atoms with Gasteiger partial charge in [-0.05, 0) is 31.0 Å². The molecule has 0 aliphatic heterocycles. The highest BCUT2D eigenvalue weighted by Crippen LogP contribution is 2.19. The Hall–Kier alpha value is -1.29. The molecule has 1 aromatic rings. The molecular weight excluding hydrogens is 250 g/mol. The average Bonchev–Trinajstić information content (AvgIpc) is 2.89. The number of carbonyl (C=O) groups excluding carboxylic acids is 1. The largest absolute Gasteiger partial charge is 0.353 e. The molecule has 0 saturated heterocycles. The molecule has 1 heterocycles. The Morgan fingerprint density at radius 3 is 2.70 bits per heavy atom. The number of nitrogens with zero attached hydrogens (tertiary/aromatic N) is 2. The van der Waals surface area contributed by atoms with Crippen LogP contribution in [0.3, 0.4) is 0 Å². The number of rotatable bonds is 9. The minimum absolute atomic E-state index is 0.175. The Labute approximate surface area is 123 Å². The van der Waals surface area contributed by atoms with Crippen LogP contribution in [0.2, 0.25) is 0 Å². The van der Waals surface area contributed by atoms with Gasteiger partial charge in [0.05, 0.1) is 0 Å². The van der Waals surface area contributed by atoms with Gasteiger partial charge in [0.1, 0.15) is 0 Å². The molecule has 20 heavy (non-hydrogen) atoms. The maximum atomic E-state index is 11.6. The molecule has 0 fully saturated rings. The van der Waals surface area contributed by atoms with Crippen LogP contribution in [-0.2, 0) is 11.3 Å². The number of carbonyl (C=O) groups is 1. The van der Waals surface area contributed by atoms with Crippen molar-refractivity contribution in [3.05, 3.63) is 24.0 Å². The fourth-order valence-electron chi connectivity index (χ4n) is 2.25. The first-order valence-electron chi connectivity index (χ1n) is 7.67. The lowest BCUT2D eigenvalue weighted by atomic mass is 10.1. The molecule has 1 atom stereocenters.